The van der Waals surface area contributed by atoms with Gasteiger partial charge in [0.05, 0.1) is 0 Å². The van der Waals surface area contributed by atoms with Gasteiger partial charge < -0.3 is 9.15 Å². The van der Waals surface area contributed by atoms with E-state index in [1.54, 1.807) is 12.1 Å². The summed E-state index contributed by atoms with van der Waals surface area (Å²) in [6.45, 7) is 1.46. The van der Waals surface area contributed by atoms with E-state index in [0.29, 0.717) is 11.1 Å². The first-order valence-corrected chi connectivity index (χ1v) is 7.57. The Kier molecular flexibility index (Phi) is 4.70. The highest BCUT2D eigenvalue weighted by atomic mass is 19.1. The molecule has 25 heavy (non-hydrogen) atoms. The van der Waals surface area contributed by atoms with Gasteiger partial charge in [0.25, 0.3) is 0 Å². The highest BCUT2D eigenvalue weighted by molar-refractivity contribution is 6.01. The van der Waals surface area contributed by atoms with Gasteiger partial charge in [0.2, 0.25) is 11.7 Å². The normalized spacial score (nSPS) is 12.4. The molecular formula is C19H14FNO4. The van der Waals surface area contributed by atoms with E-state index in [-0.39, 0.29) is 11.5 Å². The molecule has 5 nitrogen and oxygen atoms in total. The van der Waals surface area contributed by atoms with Gasteiger partial charge in [-0.05, 0) is 43.3 Å². The maximum atomic E-state index is 12.9. The van der Waals surface area contributed by atoms with Crippen molar-refractivity contribution in [3.63, 3.8) is 0 Å². The zero-order valence-corrected chi connectivity index (χ0v) is 13.3. The number of benzene rings is 2. The number of hydrogen-bond donors (Lipinski definition) is 0. The summed E-state index contributed by atoms with van der Waals surface area (Å²) in [5.41, 5.74) is 1.55. The number of nitrogens with zero attached hydrogens (tertiary/aromatic N) is 1. The Morgan fingerprint density at radius 1 is 1.16 bits per heavy atom. The molecule has 0 N–H and O–H groups in total. The largest absolute Gasteiger partial charge is 0.451 e. The summed E-state index contributed by atoms with van der Waals surface area (Å²) >= 11 is 0. The number of fused-ring (bicyclic) bond motifs is 1. The number of carbonyl (C=O) groups is 2. The number of ketones is 1. The Bertz CT molecular complexity index is 910. The Balaban J connectivity index is 1.63. The second-order valence-corrected chi connectivity index (χ2v) is 5.30. The van der Waals surface area contributed by atoms with Crippen LogP contribution in [0.2, 0.25) is 0 Å². The van der Waals surface area contributed by atoms with Crippen molar-refractivity contribution in [3.05, 3.63) is 71.9 Å². The lowest BCUT2D eigenvalue weighted by Crippen LogP contribution is -2.23. The van der Waals surface area contributed by atoms with Crippen LogP contribution in [0.1, 0.15) is 23.2 Å². The molecule has 0 saturated heterocycles. The topological polar surface area (TPSA) is 69.4 Å². The lowest BCUT2D eigenvalue weighted by Gasteiger charge is -2.10. The molecule has 0 bridgehead atoms. The summed E-state index contributed by atoms with van der Waals surface area (Å²) in [6, 6.07) is 12.2. The van der Waals surface area contributed by atoms with Crippen LogP contribution in [0.25, 0.3) is 17.2 Å². The van der Waals surface area contributed by atoms with Crippen LogP contribution < -0.4 is 0 Å². The number of esters is 1. The third kappa shape index (κ3) is 3.98. The second kappa shape index (κ2) is 7.09. The first kappa shape index (κ1) is 16.6. The smallest absolute Gasteiger partial charge is 0.331 e. The molecule has 0 amide bonds. The van der Waals surface area contributed by atoms with Crippen molar-refractivity contribution in [1.29, 1.82) is 0 Å². The van der Waals surface area contributed by atoms with E-state index in [1.165, 1.54) is 37.3 Å². The van der Waals surface area contributed by atoms with Crippen molar-refractivity contribution in [2.75, 3.05) is 0 Å². The van der Waals surface area contributed by atoms with E-state index in [1.807, 2.05) is 12.1 Å². The second-order valence-electron chi connectivity index (χ2n) is 5.30. The monoisotopic (exact) mass is 339 g/mol. The number of oxazole rings is 1. The van der Waals surface area contributed by atoms with Crippen LogP contribution in [0, 0.1) is 5.82 Å². The molecule has 0 aliphatic rings. The molecular weight excluding hydrogens is 325 g/mol. The highest BCUT2D eigenvalue weighted by Crippen LogP contribution is 2.15. The van der Waals surface area contributed by atoms with Gasteiger partial charge >= 0.3 is 5.97 Å². The van der Waals surface area contributed by atoms with Crippen molar-refractivity contribution in [1.82, 2.24) is 4.98 Å². The summed E-state index contributed by atoms with van der Waals surface area (Å²) < 4.78 is 23.4. The van der Waals surface area contributed by atoms with Crippen LogP contribution in [0.15, 0.2) is 59.0 Å². The van der Waals surface area contributed by atoms with Crippen LogP contribution in [-0.4, -0.2) is 22.8 Å². The number of carbonyl (C=O) groups excluding carboxylic acids is 2. The van der Waals surface area contributed by atoms with Gasteiger partial charge in [0.15, 0.2) is 11.7 Å². The lowest BCUT2D eigenvalue weighted by atomic mass is 10.1. The Morgan fingerprint density at radius 3 is 2.60 bits per heavy atom. The van der Waals surface area contributed by atoms with E-state index in [9.17, 15) is 14.0 Å². The van der Waals surface area contributed by atoms with Gasteiger partial charge in [0.1, 0.15) is 11.3 Å². The van der Waals surface area contributed by atoms with Crippen LogP contribution >= 0.6 is 0 Å². The predicted octanol–water partition coefficient (Wildman–Crippen LogP) is 3.79. The highest BCUT2D eigenvalue weighted by Gasteiger charge is 2.18. The fraction of sp³-hybridized carbons (Fsp3) is 0.105. The Morgan fingerprint density at radius 2 is 1.88 bits per heavy atom. The third-order valence-corrected chi connectivity index (χ3v) is 3.46. The van der Waals surface area contributed by atoms with Gasteiger partial charge in [-0.3, -0.25) is 4.79 Å². The summed E-state index contributed by atoms with van der Waals surface area (Å²) in [5.74, 6) is -1.30. The number of para-hydroxylation sites is 2. The predicted molar refractivity (Wildman–Crippen MR) is 89.3 cm³/mol. The Labute approximate surface area is 142 Å². The van der Waals surface area contributed by atoms with E-state index in [2.05, 4.69) is 4.98 Å². The maximum Gasteiger partial charge on any atom is 0.331 e. The van der Waals surface area contributed by atoms with E-state index in [0.717, 1.165) is 6.08 Å². The number of Topliss-reactive ketones (excluding diaryl/α,β-unsaturated/α-hetero) is 1. The lowest BCUT2D eigenvalue weighted by molar-refractivity contribution is -0.140. The first-order valence-electron chi connectivity index (χ1n) is 7.57. The molecule has 0 fully saturated rings. The third-order valence-electron chi connectivity index (χ3n) is 3.46. The van der Waals surface area contributed by atoms with Crippen molar-refractivity contribution in [3.8, 4) is 0 Å². The summed E-state index contributed by atoms with van der Waals surface area (Å²) in [4.78, 5) is 28.2. The minimum atomic E-state index is -0.994. The molecule has 1 atom stereocenters. The first-order chi connectivity index (χ1) is 12.0. The number of rotatable bonds is 5. The van der Waals surface area contributed by atoms with Crippen LogP contribution in [0.4, 0.5) is 4.39 Å². The zero-order valence-electron chi connectivity index (χ0n) is 13.3. The van der Waals surface area contributed by atoms with Crippen LogP contribution in [0.3, 0.4) is 0 Å². The average molecular weight is 339 g/mol. The Hall–Kier alpha value is -3.28. The zero-order chi connectivity index (χ0) is 17.8. The summed E-state index contributed by atoms with van der Waals surface area (Å²) in [6.07, 6.45) is 1.52. The van der Waals surface area contributed by atoms with E-state index in [4.69, 9.17) is 9.15 Å². The molecule has 3 rings (SSSR count). The summed E-state index contributed by atoms with van der Waals surface area (Å²) in [7, 11) is 0. The fourth-order valence-electron chi connectivity index (χ4n) is 2.22. The van der Waals surface area contributed by atoms with Crippen molar-refractivity contribution in [2.24, 2.45) is 0 Å². The SMILES string of the molecule is C[C@H](OC(=O)/C=C/c1nc2ccccc2o1)C(=O)c1ccc(F)cc1. The van der Waals surface area contributed by atoms with Gasteiger partial charge in [-0.1, -0.05) is 12.1 Å². The van der Waals surface area contributed by atoms with E-state index >= 15 is 0 Å². The minimum absolute atomic E-state index is 0.260. The van der Waals surface area contributed by atoms with Crippen molar-refractivity contribution >= 4 is 28.9 Å². The van der Waals surface area contributed by atoms with Gasteiger partial charge in [-0.25, -0.2) is 14.2 Å². The fourth-order valence-corrected chi connectivity index (χ4v) is 2.22. The van der Waals surface area contributed by atoms with Gasteiger partial charge in [-0.15, -0.1) is 0 Å². The quantitative estimate of drug-likeness (QED) is 0.402. The molecule has 1 heterocycles. The molecule has 0 aliphatic heterocycles. The van der Waals surface area contributed by atoms with Gasteiger partial charge in [-0.2, -0.15) is 0 Å². The molecule has 0 unspecified atom stereocenters. The van der Waals surface area contributed by atoms with Gasteiger partial charge in [0, 0.05) is 17.7 Å². The van der Waals surface area contributed by atoms with Crippen LogP contribution in [-0.2, 0) is 9.53 Å². The molecule has 0 aliphatic carbocycles. The molecule has 0 radical (unpaired) electrons. The average Bonchev–Trinajstić information content (AvgIpc) is 3.03. The molecule has 3 aromatic rings. The summed E-state index contributed by atoms with van der Waals surface area (Å²) in [5, 5.41) is 0. The standard InChI is InChI=1S/C19H14FNO4/c1-12(19(23)13-6-8-14(20)9-7-13)24-18(22)11-10-17-21-15-4-2-3-5-16(15)25-17/h2-12H,1H3/b11-10+/t12-/m0/s1. The molecule has 0 spiro atoms. The van der Waals surface area contributed by atoms with Crippen LogP contribution in [0.5, 0.6) is 0 Å². The van der Waals surface area contributed by atoms with E-state index < -0.39 is 23.7 Å². The number of halogens is 1. The number of aromatic nitrogens is 1. The molecule has 126 valence electrons. The number of ether oxygens (including phenoxy) is 1. The molecule has 2 aromatic carbocycles. The molecule has 6 heteroatoms. The maximum absolute atomic E-state index is 12.9. The van der Waals surface area contributed by atoms with Crippen molar-refractivity contribution < 1.29 is 23.1 Å². The minimum Gasteiger partial charge on any atom is -0.451 e. The molecule has 0 saturated carbocycles. The molecule has 1 aromatic heterocycles. The van der Waals surface area contributed by atoms with Crippen molar-refractivity contribution in [2.45, 2.75) is 13.0 Å². The number of hydrogen-bond acceptors (Lipinski definition) is 5.